The van der Waals surface area contributed by atoms with Gasteiger partial charge in [0.05, 0.1) is 4.92 Å². The molecule has 1 rings (SSSR count). The highest BCUT2D eigenvalue weighted by molar-refractivity contribution is 5.68. The van der Waals surface area contributed by atoms with Crippen LogP contribution in [0, 0.1) is 21.7 Å². The van der Waals surface area contributed by atoms with Crippen LogP contribution in [0.5, 0.6) is 0 Å². The Balaban J connectivity index is 2.96. The zero-order chi connectivity index (χ0) is 13.0. The molecular formula is C8H6F2N2O5. The van der Waals surface area contributed by atoms with Gasteiger partial charge >= 0.3 is 11.7 Å². The van der Waals surface area contributed by atoms with E-state index in [-0.39, 0.29) is 0 Å². The Morgan fingerprint density at radius 1 is 1.53 bits per heavy atom. The third kappa shape index (κ3) is 3.34. The van der Waals surface area contributed by atoms with Gasteiger partial charge in [0.15, 0.2) is 6.61 Å². The van der Waals surface area contributed by atoms with Crippen molar-refractivity contribution in [3.63, 3.8) is 0 Å². The van der Waals surface area contributed by atoms with Crippen molar-refractivity contribution in [2.75, 3.05) is 12.1 Å². The first-order valence-corrected chi connectivity index (χ1v) is 4.15. The fourth-order valence-electron chi connectivity index (χ4n) is 1.00. The van der Waals surface area contributed by atoms with Crippen LogP contribution in [0.15, 0.2) is 12.1 Å². The molecule has 1 aromatic rings. The molecule has 0 amide bonds. The Hall–Kier alpha value is -2.29. The lowest BCUT2D eigenvalue weighted by Gasteiger charge is -2.06. The Morgan fingerprint density at radius 2 is 2.18 bits per heavy atom. The predicted octanol–water partition coefficient (Wildman–Crippen LogP) is 1.30. The number of nitro groups is 1. The van der Waals surface area contributed by atoms with E-state index in [2.05, 4.69) is 4.84 Å². The lowest BCUT2D eigenvalue weighted by Crippen LogP contribution is -2.12. The minimum atomic E-state index is -1.39. The Morgan fingerprint density at radius 3 is 2.71 bits per heavy atom. The quantitative estimate of drug-likeness (QED) is 0.601. The van der Waals surface area contributed by atoms with E-state index in [0.717, 1.165) is 0 Å². The Kier molecular flexibility index (Phi) is 3.88. The van der Waals surface area contributed by atoms with Crippen LogP contribution in [-0.2, 0) is 9.63 Å². The number of rotatable bonds is 5. The number of nitrogens with one attached hydrogen (secondary N) is 1. The van der Waals surface area contributed by atoms with Gasteiger partial charge in [0.1, 0.15) is 11.5 Å². The highest BCUT2D eigenvalue weighted by atomic mass is 19.1. The van der Waals surface area contributed by atoms with Gasteiger partial charge in [0, 0.05) is 12.1 Å². The lowest BCUT2D eigenvalue weighted by molar-refractivity contribution is -0.386. The first-order valence-electron chi connectivity index (χ1n) is 4.15. The summed E-state index contributed by atoms with van der Waals surface area (Å²) in [7, 11) is 0. The van der Waals surface area contributed by atoms with Gasteiger partial charge in [-0.15, -0.1) is 0 Å². The summed E-state index contributed by atoms with van der Waals surface area (Å²) in [6.45, 7) is -0.824. The number of hydrogen-bond acceptors (Lipinski definition) is 5. The molecule has 0 saturated heterocycles. The van der Waals surface area contributed by atoms with Crippen molar-refractivity contribution in [1.29, 1.82) is 0 Å². The number of hydrogen-bond donors (Lipinski definition) is 2. The van der Waals surface area contributed by atoms with Crippen LogP contribution < -0.4 is 5.48 Å². The summed E-state index contributed by atoms with van der Waals surface area (Å²) in [6.07, 6.45) is 0. The van der Waals surface area contributed by atoms with E-state index in [1.165, 1.54) is 0 Å². The van der Waals surface area contributed by atoms with Crippen LogP contribution >= 0.6 is 0 Å². The van der Waals surface area contributed by atoms with E-state index in [0.29, 0.717) is 12.1 Å². The minimum absolute atomic E-state index is 0.334. The molecule has 0 bridgehead atoms. The van der Waals surface area contributed by atoms with Crippen LogP contribution in [0.3, 0.4) is 0 Å². The van der Waals surface area contributed by atoms with Crippen molar-refractivity contribution in [2.24, 2.45) is 0 Å². The smallest absolute Gasteiger partial charge is 0.332 e. The van der Waals surface area contributed by atoms with E-state index in [1.54, 1.807) is 5.48 Å². The number of anilines is 1. The molecule has 1 aromatic carbocycles. The zero-order valence-electron chi connectivity index (χ0n) is 8.15. The molecule has 0 fully saturated rings. The van der Waals surface area contributed by atoms with E-state index in [1.807, 2.05) is 0 Å². The molecule has 17 heavy (non-hydrogen) atoms. The molecule has 2 N–H and O–H groups in total. The third-order valence-electron chi connectivity index (χ3n) is 1.59. The second-order valence-electron chi connectivity index (χ2n) is 2.83. The highest BCUT2D eigenvalue weighted by Gasteiger charge is 2.22. The van der Waals surface area contributed by atoms with E-state index in [4.69, 9.17) is 5.11 Å². The Labute approximate surface area is 92.7 Å². The molecule has 0 aromatic heterocycles. The molecule has 0 heterocycles. The third-order valence-corrected chi connectivity index (χ3v) is 1.59. The van der Waals surface area contributed by atoms with Gasteiger partial charge in [0.2, 0.25) is 5.82 Å². The second-order valence-corrected chi connectivity index (χ2v) is 2.83. The fourth-order valence-corrected chi connectivity index (χ4v) is 1.00. The van der Waals surface area contributed by atoms with Crippen molar-refractivity contribution >= 4 is 17.3 Å². The molecule has 0 spiro atoms. The van der Waals surface area contributed by atoms with Crippen molar-refractivity contribution in [1.82, 2.24) is 0 Å². The van der Waals surface area contributed by atoms with Crippen molar-refractivity contribution in [2.45, 2.75) is 0 Å². The summed E-state index contributed by atoms with van der Waals surface area (Å²) < 4.78 is 25.8. The van der Waals surface area contributed by atoms with Gasteiger partial charge in [-0.3, -0.25) is 20.4 Å². The molecule has 0 aliphatic rings. The van der Waals surface area contributed by atoms with Gasteiger partial charge in [-0.25, -0.2) is 9.18 Å². The van der Waals surface area contributed by atoms with Gasteiger partial charge in [-0.05, 0) is 0 Å². The topological polar surface area (TPSA) is 102 Å². The van der Waals surface area contributed by atoms with Crippen molar-refractivity contribution in [3.8, 4) is 0 Å². The van der Waals surface area contributed by atoms with Crippen LogP contribution in [-0.4, -0.2) is 22.6 Å². The number of nitrogens with zero attached hydrogens (tertiary/aromatic N) is 1. The number of carboxylic acid groups (broad SMARTS) is 1. The van der Waals surface area contributed by atoms with Crippen LogP contribution in [0.4, 0.5) is 20.2 Å². The lowest BCUT2D eigenvalue weighted by atomic mass is 10.2. The van der Waals surface area contributed by atoms with E-state index in [9.17, 15) is 23.7 Å². The molecular weight excluding hydrogens is 242 g/mol. The Bertz CT molecular complexity index is 465. The summed E-state index contributed by atoms with van der Waals surface area (Å²) in [5, 5.41) is 18.7. The van der Waals surface area contributed by atoms with E-state index < -0.39 is 40.5 Å². The number of nitro benzene ring substituents is 1. The number of benzene rings is 1. The van der Waals surface area contributed by atoms with Crippen LogP contribution in [0.25, 0.3) is 0 Å². The van der Waals surface area contributed by atoms with Crippen molar-refractivity contribution < 1.29 is 28.4 Å². The number of carboxylic acids is 1. The minimum Gasteiger partial charge on any atom is -0.479 e. The maximum atomic E-state index is 13.1. The largest absolute Gasteiger partial charge is 0.479 e. The molecule has 0 aliphatic heterocycles. The first-order chi connectivity index (χ1) is 7.91. The molecule has 0 atom stereocenters. The summed E-state index contributed by atoms with van der Waals surface area (Å²) in [5.74, 6) is -3.80. The fraction of sp³-hybridized carbons (Fsp3) is 0.125. The maximum Gasteiger partial charge on any atom is 0.332 e. The van der Waals surface area contributed by atoms with Gasteiger partial charge < -0.3 is 5.11 Å². The predicted molar refractivity (Wildman–Crippen MR) is 50.2 cm³/mol. The summed E-state index contributed by atoms with van der Waals surface area (Å²) in [5.41, 5.74) is 0.171. The summed E-state index contributed by atoms with van der Waals surface area (Å²) in [6, 6.07) is 0.948. The zero-order valence-corrected chi connectivity index (χ0v) is 8.15. The monoisotopic (exact) mass is 248 g/mol. The highest BCUT2D eigenvalue weighted by Crippen LogP contribution is 2.28. The molecule has 0 aliphatic carbocycles. The molecule has 0 unspecified atom stereocenters. The second kappa shape index (κ2) is 5.16. The number of aliphatic carboxylic acids is 1. The van der Waals surface area contributed by atoms with E-state index >= 15 is 0 Å². The summed E-state index contributed by atoms with van der Waals surface area (Å²) >= 11 is 0. The molecule has 92 valence electrons. The van der Waals surface area contributed by atoms with Crippen molar-refractivity contribution in [3.05, 3.63) is 33.9 Å². The average molecular weight is 248 g/mol. The SMILES string of the molecule is O=C(O)CONc1cc(F)cc(F)c1[N+](=O)[O-]. The van der Waals surface area contributed by atoms with Gasteiger partial charge in [-0.1, -0.05) is 0 Å². The number of halogens is 2. The first kappa shape index (κ1) is 12.8. The maximum absolute atomic E-state index is 13.1. The molecule has 9 heteroatoms. The normalized spacial score (nSPS) is 10.0. The van der Waals surface area contributed by atoms with Gasteiger partial charge in [-0.2, -0.15) is 4.39 Å². The van der Waals surface area contributed by atoms with Gasteiger partial charge in [0.25, 0.3) is 0 Å². The standard InChI is InChI=1S/C8H6F2N2O5/c9-4-1-5(10)8(12(15)16)6(2-4)11-17-3-7(13)14/h1-2,11H,3H2,(H,13,14). The van der Waals surface area contributed by atoms with Crippen LogP contribution in [0.2, 0.25) is 0 Å². The molecule has 7 nitrogen and oxygen atoms in total. The molecule has 0 radical (unpaired) electrons. The number of carbonyl (C=O) groups is 1. The van der Waals surface area contributed by atoms with Crippen LogP contribution in [0.1, 0.15) is 0 Å². The molecule has 0 saturated carbocycles. The average Bonchev–Trinajstić information content (AvgIpc) is 2.14. The summed E-state index contributed by atoms with van der Waals surface area (Å²) in [4.78, 5) is 23.8.